The fourth-order valence-corrected chi connectivity index (χ4v) is 1.21. The standard InChI is InChI=1S/C10H11N3.2ClH/c11-6-9-7-13(8-12-9)10-4-2-1-3-5-10;;/h1-5,7-8H,6,11H2;2*1H. The predicted octanol–water partition coefficient (Wildman–Crippen LogP) is 2.17. The van der Waals surface area contributed by atoms with Gasteiger partial charge in [-0.2, -0.15) is 0 Å². The van der Waals surface area contributed by atoms with Crippen molar-refractivity contribution in [3.05, 3.63) is 48.5 Å². The van der Waals surface area contributed by atoms with Crippen LogP contribution in [0.2, 0.25) is 0 Å². The molecule has 5 heteroatoms. The Balaban J connectivity index is 0.000000980. The van der Waals surface area contributed by atoms with Crippen LogP contribution in [0.1, 0.15) is 5.69 Å². The van der Waals surface area contributed by atoms with Gasteiger partial charge in [0.25, 0.3) is 0 Å². The molecule has 0 fully saturated rings. The van der Waals surface area contributed by atoms with E-state index < -0.39 is 0 Å². The highest BCUT2D eigenvalue weighted by Gasteiger charge is 1.96. The first-order valence-corrected chi connectivity index (χ1v) is 4.18. The normalized spacial score (nSPS) is 8.87. The van der Waals surface area contributed by atoms with Crippen molar-refractivity contribution in [2.45, 2.75) is 6.54 Å². The SMILES string of the molecule is Cl.Cl.NCc1cn(-c2ccccc2)cn1. The molecule has 1 aromatic heterocycles. The van der Waals surface area contributed by atoms with Crippen LogP contribution in [-0.4, -0.2) is 9.55 Å². The van der Waals surface area contributed by atoms with Crippen molar-refractivity contribution in [3.63, 3.8) is 0 Å². The summed E-state index contributed by atoms with van der Waals surface area (Å²) in [4.78, 5) is 4.15. The van der Waals surface area contributed by atoms with Crippen LogP contribution in [0.3, 0.4) is 0 Å². The van der Waals surface area contributed by atoms with Gasteiger partial charge in [-0.25, -0.2) is 4.98 Å². The van der Waals surface area contributed by atoms with Crippen molar-refractivity contribution in [2.24, 2.45) is 5.73 Å². The topological polar surface area (TPSA) is 43.8 Å². The molecule has 0 radical (unpaired) electrons. The molecule has 0 saturated carbocycles. The fourth-order valence-electron chi connectivity index (χ4n) is 1.21. The molecule has 0 aliphatic heterocycles. The zero-order valence-corrected chi connectivity index (χ0v) is 9.67. The monoisotopic (exact) mass is 245 g/mol. The molecule has 82 valence electrons. The second-order valence-corrected chi connectivity index (χ2v) is 2.81. The predicted molar refractivity (Wildman–Crippen MR) is 66.0 cm³/mol. The quantitative estimate of drug-likeness (QED) is 0.882. The van der Waals surface area contributed by atoms with E-state index in [1.165, 1.54) is 0 Å². The van der Waals surface area contributed by atoms with Crippen LogP contribution in [0, 0.1) is 0 Å². The van der Waals surface area contributed by atoms with Crippen molar-refractivity contribution in [2.75, 3.05) is 0 Å². The largest absolute Gasteiger partial charge is 0.325 e. The summed E-state index contributed by atoms with van der Waals surface area (Å²) in [5, 5.41) is 0. The molecule has 2 rings (SSSR count). The van der Waals surface area contributed by atoms with E-state index in [0.29, 0.717) is 6.54 Å². The molecule has 1 aromatic carbocycles. The summed E-state index contributed by atoms with van der Waals surface area (Å²) < 4.78 is 1.96. The molecule has 0 aliphatic carbocycles. The molecule has 0 bridgehead atoms. The molecule has 15 heavy (non-hydrogen) atoms. The van der Waals surface area contributed by atoms with Gasteiger partial charge in [0.1, 0.15) is 0 Å². The number of rotatable bonds is 2. The number of halogens is 2. The van der Waals surface area contributed by atoms with Crippen LogP contribution in [0.4, 0.5) is 0 Å². The van der Waals surface area contributed by atoms with Crippen LogP contribution >= 0.6 is 24.8 Å². The van der Waals surface area contributed by atoms with E-state index in [-0.39, 0.29) is 24.8 Å². The third-order valence-electron chi connectivity index (χ3n) is 1.90. The summed E-state index contributed by atoms with van der Waals surface area (Å²) >= 11 is 0. The van der Waals surface area contributed by atoms with E-state index in [1.807, 2.05) is 41.1 Å². The summed E-state index contributed by atoms with van der Waals surface area (Å²) in [6.07, 6.45) is 3.72. The lowest BCUT2D eigenvalue weighted by Gasteiger charge is -1.99. The lowest BCUT2D eigenvalue weighted by Crippen LogP contribution is -1.95. The summed E-state index contributed by atoms with van der Waals surface area (Å²) in [5.74, 6) is 0. The minimum Gasteiger partial charge on any atom is -0.325 e. The Hall–Kier alpha value is -1.03. The highest BCUT2D eigenvalue weighted by molar-refractivity contribution is 5.85. The lowest BCUT2D eigenvalue weighted by molar-refractivity contribution is 1.01. The Morgan fingerprint density at radius 1 is 1.13 bits per heavy atom. The number of hydrogen-bond acceptors (Lipinski definition) is 2. The highest BCUT2D eigenvalue weighted by Crippen LogP contribution is 2.06. The maximum atomic E-state index is 5.47. The van der Waals surface area contributed by atoms with E-state index in [0.717, 1.165) is 11.4 Å². The van der Waals surface area contributed by atoms with Gasteiger partial charge in [0, 0.05) is 18.4 Å². The first-order valence-electron chi connectivity index (χ1n) is 4.18. The van der Waals surface area contributed by atoms with Gasteiger partial charge in [0.2, 0.25) is 0 Å². The van der Waals surface area contributed by atoms with E-state index in [2.05, 4.69) is 4.98 Å². The molecule has 3 nitrogen and oxygen atoms in total. The third kappa shape index (κ3) is 3.23. The molecule has 0 atom stereocenters. The van der Waals surface area contributed by atoms with Gasteiger partial charge in [-0.15, -0.1) is 24.8 Å². The zero-order chi connectivity index (χ0) is 9.10. The zero-order valence-electron chi connectivity index (χ0n) is 8.04. The van der Waals surface area contributed by atoms with Crippen LogP contribution in [0.5, 0.6) is 0 Å². The summed E-state index contributed by atoms with van der Waals surface area (Å²) in [6, 6.07) is 10.0. The number of nitrogens with two attached hydrogens (primary N) is 1. The van der Waals surface area contributed by atoms with Crippen molar-refractivity contribution < 1.29 is 0 Å². The van der Waals surface area contributed by atoms with E-state index in [9.17, 15) is 0 Å². The summed E-state index contributed by atoms with van der Waals surface area (Å²) in [7, 11) is 0. The van der Waals surface area contributed by atoms with Crippen molar-refractivity contribution >= 4 is 24.8 Å². The molecule has 2 aromatic rings. The molecule has 2 N–H and O–H groups in total. The fraction of sp³-hybridized carbons (Fsp3) is 0.100. The Morgan fingerprint density at radius 3 is 2.33 bits per heavy atom. The number of nitrogens with zero attached hydrogens (tertiary/aromatic N) is 2. The van der Waals surface area contributed by atoms with Crippen molar-refractivity contribution in [1.29, 1.82) is 0 Å². The van der Waals surface area contributed by atoms with Crippen molar-refractivity contribution in [1.82, 2.24) is 9.55 Å². The van der Waals surface area contributed by atoms with E-state index in [4.69, 9.17) is 5.73 Å². The highest BCUT2D eigenvalue weighted by atomic mass is 35.5. The molecule has 0 saturated heterocycles. The average molecular weight is 246 g/mol. The van der Waals surface area contributed by atoms with Crippen LogP contribution in [-0.2, 0) is 6.54 Å². The molecular weight excluding hydrogens is 233 g/mol. The van der Waals surface area contributed by atoms with Gasteiger partial charge < -0.3 is 10.3 Å². The molecule has 0 amide bonds. The average Bonchev–Trinajstić information content (AvgIpc) is 2.67. The number of aromatic nitrogens is 2. The Bertz CT molecular complexity index is 387. The van der Waals surface area contributed by atoms with Crippen LogP contribution < -0.4 is 5.73 Å². The van der Waals surface area contributed by atoms with Crippen LogP contribution in [0.15, 0.2) is 42.9 Å². The second-order valence-electron chi connectivity index (χ2n) is 2.81. The Morgan fingerprint density at radius 2 is 1.80 bits per heavy atom. The lowest BCUT2D eigenvalue weighted by atomic mass is 10.3. The summed E-state index contributed by atoms with van der Waals surface area (Å²) in [5.41, 5.74) is 7.48. The van der Waals surface area contributed by atoms with Gasteiger partial charge in [0.05, 0.1) is 12.0 Å². The van der Waals surface area contributed by atoms with E-state index >= 15 is 0 Å². The molecular formula is C10H13Cl2N3. The maximum absolute atomic E-state index is 5.47. The third-order valence-corrected chi connectivity index (χ3v) is 1.90. The molecule has 1 heterocycles. The van der Waals surface area contributed by atoms with Crippen LogP contribution in [0.25, 0.3) is 5.69 Å². The Labute approximate surface area is 101 Å². The molecule has 0 spiro atoms. The van der Waals surface area contributed by atoms with Gasteiger partial charge in [-0.05, 0) is 12.1 Å². The maximum Gasteiger partial charge on any atom is 0.0995 e. The van der Waals surface area contributed by atoms with Gasteiger partial charge in [0.15, 0.2) is 0 Å². The number of benzene rings is 1. The van der Waals surface area contributed by atoms with Crippen molar-refractivity contribution in [3.8, 4) is 5.69 Å². The Kier molecular flexibility index (Phi) is 6.01. The summed E-state index contributed by atoms with van der Waals surface area (Å²) in [6.45, 7) is 0.486. The number of para-hydroxylation sites is 1. The number of imidazole rings is 1. The second kappa shape index (κ2) is 6.45. The molecule has 0 aliphatic rings. The molecule has 0 unspecified atom stereocenters. The minimum atomic E-state index is 0. The van der Waals surface area contributed by atoms with Gasteiger partial charge in [-0.1, -0.05) is 18.2 Å². The first kappa shape index (κ1) is 14.0. The number of hydrogen-bond donors (Lipinski definition) is 1. The first-order chi connectivity index (χ1) is 6.40. The smallest absolute Gasteiger partial charge is 0.0995 e. The van der Waals surface area contributed by atoms with Gasteiger partial charge >= 0.3 is 0 Å². The van der Waals surface area contributed by atoms with Gasteiger partial charge in [-0.3, -0.25) is 0 Å². The minimum absolute atomic E-state index is 0. The van der Waals surface area contributed by atoms with E-state index in [1.54, 1.807) is 6.33 Å².